The third kappa shape index (κ3) is 1.98. The van der Waals surface area contributed by atoms with E-state index in [1.54, 1.807) is 0 Å². The Labute approximate surface area is 106 Å². The molecule has 1 aliphatic heterocycles. The van der Waals surface area contributed by atoms with Crippen LogP contribution in [0.25, 0.3) is 0 Å². The average Bonchev–Trinajstić information content (AvgIpc) is 2.96. The summed E-state index contributed by atoms with van der Waals surface area (Å²) in [5.74, 6) is 0.612. The molecule has 0 aliphatic carbocycles. The lowest BCUT2D eigenvalue weighted by Crippen LogP contribution is -2.02. The minimum Gasteiger partial charge on any atom is -0.377 e. The monoisotopic (exact) mass is 243 g/mol. The molecule has 1 unspecified atom stereocenters. The van der Waals surface area contributed by atoms with Crippen molar-refractivity contribution in [1.82, 2.24) is 0 Å². The summed E-state index contributed by atoms with van der Waals surface area (Å²) in [6.07, 6.45) is 1.12. The Bertz CT molecular complexity index is 514. The average molecular weight is 243 g/mol. The van der Waals surface area contributed by atoms with Crippen LogP contribution in [0.5, 0.6) is 0 Å². The Morgan fingerprint density at radius 2 is 2.18 bits per heavy atom. The van der Waals surface area contributed by atoms with Crippen LogP contribution in [0.3, 0.4) is 0 Å². The lowest BCUT2D eigenvalue weighted by molar-refractivity contribution is 0.835. The van der Waals surface area contributed by atoms with Gasteiger partial charge in [0.2, 0.25) is 0 Å². The Morgan fingerprint density at radius 1 is 1.29 bits per heavy atom. The summed E-state index contributed by atoms with van der Waals surface area (Å²) >= 11 is 1.84. The topological polar surface area (TPSA) is 12.0 Å². The summed E-state index contributed by atoms with van der Waals surface area (Å²) in [6.45, 7) is 4.50. The van der Waals surface area contributed by atoms with Gasteiger partial charge in [-0.1, -0.05) is 32.0 Å². The van der Waals surface area contributed by atoms with Gasteiger partial charge in [0.1, 0.15) is 0 Å². The Morgan fingerprint density at radius 3 is 2.88 bits per heavy atom. The first-order chi connectivity index (χ1) is 8.24. The van der Waals surface area contributed by atoms with E-state index in [-0.39, 0.29) is 0 Å². The van der Waals surface area contributed by atoms with Crippen molar-refractivity contribution >= 4 is 17.0 Å². The Balaban J connectivity index is 1.88. The van der Waals surface area contributed by atoms with Gasteiger partial charge in [-0.3, -0.25) is 0 Å². The zero-order valence-electron chi connectivity index (χ0n) is 10.2. The van der Waals surface area contributed by atoms with Gasteiger partial charge in [0.25, 0.3) is 0 Å². The van der Waals surface area contributed by atoms with E-state index in [1.807, 2.05) is 11.3 Å². The van der Waals surface area contributed by atoms with Gasteiger partial charge in [-0.25, -0.2) is 0 Å². The van der Waals surface area contributed by atoms with Crippen LogP contribution in [-0.2, 0) is 6.42 Å². The third-order valence-corrected chi connectivity index (χ3v) is 4.42. The number of anilines is 1. The largest absolute Gasteiger partial charge is 0.377 e. The van der Waals surface area contributed by atoms with Gasteiger partial charge in [0, 0.05) is 10.6 Å². The van der Waals surface area contributed by atoms with Gasteiger partial charge < -0.3 is 5.32 Å². The molecule has 0 radical (unpaired) electrons. The van der Waals surface area contributed by atoms with E-state index in [4.69, 9.17) is 0 Å². The Hall–Kier alpha value is -1.28. The van der Waals surface area contributed by atoms with E-state index in [0.29, 0.717) is 12.0 Å². The van der Waals surface area contributed by atoms with Crippen molar-refractivity contribution in [1.29, 1.82) is 0 Å². The van der Waals surface area contributed by atoms with Crippen LogP contribution in [0.1, 0.15) is 41.8 Å². The maximum atomic E-state index is 3.61. The standard InChI is InChI=1S/C15H17NS/c1-10(2)11-5-6-13-12(8-11)9-14(16-13)15-4-3-7-17-15/h3-8,10,14,16H,9H2,1-2H3. The first-order valence-corrected chi connectivity index (χ1v) is 7.05. The quantitative estimate of drug-likeness (QED) is 0.814. The zero-order chi connectivity index (χ0) is 11.8. The SMILES string of the molecule is CC(C)c1ccc2c(c1)CC(c1cccs1)N2. The van der Waals surface area contributed by atoms with Crippen molar-refractivity contribution in [2.75, 3.05) is 5.32 Å². The second-order valence-electron chi connectivity index (χ2n) is 4.99. The molecule has 0 bridgehead atoms. The first kappa shape index (κ1) is 10.8. The lowest BCUT2D eigenvalue weighted by atomic mass is 9.99. The van der Waals surface area contributed by atoms with Gasteiger partial charge in [-0.15, -0.1) is 11.3 Å². The van der Waals surface area contributed by atoms with E-state index in [2.05, 4.69) is 54.9 Å². The molecular formula is C15H17NS. The number of rotatable bonds is 2. The van der Waals surface area contributed by atoms with Crippen LogP contribution in [0.4, 0.5) is 5.69 Å². The first-order valence-electron chi connectivity index (χ1n) is 6.17. The summed E-state index contributed by atoms with van der Waals surface area (Å²) in [4.78, 5) is 1.44. The van der Waals surface area contributed by atoms with Crippen LogP contribution < -0.4 is 5.32 Å². The summed E-state index contributed by atoms with van der Waals surface area (Å²) < 4.78 is 0. The summed E-state index contributed by atoms with van der Waals surface area (Å²) in [7, 11) is 0. The van der Waals surface area contributed by atoms with Crippen molar-refractivity contribution in [3.05, 3.63) is 51.7 Å². The zero-order valence-corrected chi connectivity index (χ0v) is 11.1. The highest BCUT2D eigenvalue weighted by molar-refractivity contribution is 7.10. The van der Waals surface area contributed by atoms with Crippen molar-refractivity contribution in [2.24, 2.45) is 0 Å². The smallest absolute Gasteiger partial charge is 0.0647 e. The minimum atomic E-state index is 0.479. The number of fused-ring (bicyclic) bond motifs is 1. The molecule has 1 nitrogen and oxygen atoms in total. The molecule has 1 aromatic heterocycles. The molecule has 1 atom stereocenters. The van der Waals surface area contributed by atoms with Crippen LogP contribution in [-0.4, -0.2) is 0 Å². The van der Waals surface area contributed by atoms with Crippen LogP contribution in [0.2, 0.25) is 0 Å². The molecule has 0 saturated heterocycles. The van der Waals surface area contributed by atoms with E-state index in [0.717, 1.165) is 6.42 Å². The second-order valence-corrected chi connectivity index (χ2v) is 5.97. The van der Waals surface area contributed by atoms with Crippen molar-refractivity contribution in [3.8, 4) is 0 Å². The van der Waals surface area contributed by atoms with E-state index < -0.39 is 0 Å². The fourth-order valence-corrected chi connectivity index (χ4v) is 3.18. The molecule has 2 heteroatoms. The van der Waals surface area contributed by atoms with Crippen LogP contribution in [0.15, 0.2) is 35.7 Å². The minimum absolute atomic E-state index is 0.479. The fraction of sp³-hybridized carbons (Fsp3) is 0.333. The molecule has 0 saturated carbocycles. The lowest BCUT2D eigenvalue weighted by Gasteiger charge is -2.08. The van der Waals surface area contributed by atoms with Crippen LogP contribution >= 0.6 is 11.3 Å². The highest BCUT2D eigenvalue weighted by Gasteiger charge is 2.22. The van der Waals surface area contributed by atoms with Gasteiger partial charge in [-0.2, -0.15) is 0 Å². The summed E-state index contributed by atoms with van der Waals surface area (Å²) in [5.41, 5.74) is 4.22. The van der Waals surface area contributed by atoms with Gasteiger partial charge >= 0.3 is 0 Å². The molecule has 2 aromatic rings. The Kier molecular flexibility index (Phi) is 2.67. The van der Waals surface area contributed by atoms with E-state index >= 15 is 0 Å². The predicted molar refractivity (Wildman–Crippen MR) is 74.9 cm³/mol. The van der Waals surface area contributed by atoms with Gasteiger partial charge in [0.05, 0.1) is 6.04 Å². The number of nitrogens with one attached hydrogen (secondary N) is 1. The molecular weight excluding hydrogens is 226 g/mol. The molecule has 1 aliphatic rings. The molecule has 0 fully saturated rings. The highest BCUT2D eigenvalue weighted by Crippen LogP contribution is 2.37. The highest BCUT2D eigenvalue weighted by atomic mass is 32.1. The van der Waals surface area contributed by atoms with Crippen molar-refractivity contribution < 1.29 is 0 Å². The molecule has 0 spiro atoms. The normalized spacial score (nSPS) is 18.2. The molecule has 88 valence electrons. The number of hydrogen-bond acceptors (Lipinski definition) is 2. The van der Waals surface area contributed by atoms with Gasteiger partial charge in [0.15, 0.2) is 0 Å². The maximum Gasteiger partial charge on any atom is 0.0647 e. The number of hydrogen-bond donors (Lipinski definition) is 1. The molecule has 3 rings (SSSR count). The third-order valence-electron chi connectivity index (χ3n) is 3.44. The maximum absolute atomic E-state index is 3.61. The van der Waals surface area contributed by atoms with Gasteiger partial charge in [-0.05, 0) is 41.0 Å². The predicted octanol–water partition coefficient (Wildman–Crippen LogP) is 4.58. The molecule has 17 heavy (non-hydrogen) atoms. The molecule has 2 heterocycles. The number of thiophene rings is 1. The van der Waals surface area contributed by atoms with E-state index in [9.17, 15) is 0 Å². The van der Waals surface area contributed by atoms with Crippen LogP contribution in [0, 0.1) is 0 Å². The van der Waals surface area contributed by atoms with Crippen molar-refractivity contribution in [2.45, 2.75) is 32.2 Å². The van der Waals surface area contributed by atoms with E-state index in [1.165, 1.54) is 21.7 Å². The summed E-state index contributed by atoms with van der Waals surface area (Å²) in [5, 5.41) is 5.77. The molecule has 1 N–H and O–H groups in total. The second kappa shape index (κ2) is 4.19. The summed E-state index contributed by atoms with van der Waals surface area (Å²) in [6, 6.07) is 11.7. The molecule has 0 amide bonds. The number of benzene rings is 1. The molecule has 1 aromatic carbocycles. The fourth-order valence-electron chi connectivity index (χ4n) is 2.40. The van der Waals surface area contributed by atoms with Crippen molar-refractivity contribution in [3.63, 3.8) is 0 Å².